The van der Waals surface area contributed by atoms with Crippen molar-refractivity contribution in [2.24, 2.45) is 0 Å². The van der Waals surface area contributed by atoms with Crippen molar-refractivity contribution in [3.05, 3.63) is 30.5 Å². The van der Waals surface area contributed by atoms with Crippen LogP contribution in [0.1, 0.15) is 13.3 Å². The molecule has 1 aromatic heterocycles. The number of nitrogens with zero attached hydrogens (tertiary/aromatic N) is 2. The molecule has 0 radical (unpaired) electrons. The van der Waals surface area contributed by atoms with Crippen LogP contribution in [0.15, 0.2) is 30.5 Å². The second-order valence-corrected chi connectivity index (χ2v) is 5.24. The summed E-state index contributed by atoms with van der Waals surface area (Å²) in [5, 5.41) is 4.63. The number of aromatic nitrogens is 1. The molecule has 4 heteroatoms. The summed E-state index contributed by atoms with van der Waals surface area (Å²) >= 11 is 0. The third kappa shape index (κ3) is 3.35. The number of benzene rings is 1. The van der Waals surface area contributed by atoms with E-state index < -0.39 is 0 Å². The number of nitrogen functional groups attached to an aromatic ring is 1. The molecule has 0 aliphatic carbocycles. The van der Waals surface area contributed by atoms with Crippen LogP contribution in [-0.4, -0.2) is 36.6 Å². The summed E-state index contributed by atoms with van der Waals surface area (Å²) in [7, 11) is 4.19. The van der Waals surface area contributed by atoms with Crippen LogP contribution in [-0.2, 0) is 0 Å². The molecule has 3 N–H and O–H groups in total. The first-order chi connectivity index (χ1) is 9.08. The monoisotopic (exact) mass is 258 g/mol. The van der Waals surface area contributed by atoms with E-state index in [1.54, 1.807) is 6.20 Å². The Morgan fingerprint density at radius 2 is 2.11 bits per heavy atom. The summed E-state index contributed by atoms with van der Waals surface area (Å²) in [5.74, 6) is 0. The molecule has 1 heterocycles. The molecule has 0 spiro atoms. The maximum absolute atomic E-state index is 5.96. The summed E-state index contributed by atoms with van der Waals surface area (Å²) in [5.41, 5.74) is 8.65. The summed E-state index contributed by atoms with van der Waals surface area (Å²) < 4.78 is 0. The molecule has 0 aliphatic heterocycles. The lowest BCUT2D eigenvalue weighted by Gasteiger charge is -2.19. The highest BCUT2D eigenvalue weighted by Crippen LogP contribution is 2.27. The fraction of sp³-hybridized carbons (Fsp3) is 0.400. The van der Waals surface area contributed by atoms with E-state index in [0.717, 1.165) is 35.2 Å². The number of rotatable bonds is 5. The Bertz CT molecular complexity index is 551. The van der Waals surface area contributed by atoms with Crippen molar-refractivity contribution in [3.63, 3.8) is 0 Å². The number of hydrogen-bond donors (Lipinski definition) is 2. The van der Waals surface area contributed by atoms with Gasteiger partial charge in [0.2, 0.25) is 0 Å². The maximum atomic E-state index is 5.96. The zero-order valence-corrected chi connectivity index (χ0v) is 11.9. The predicted octanol–water partition coefficient (Wildman–Crippen LogP) is 2.57. The fourth-order valence-corrected chi connectivity index (χ4v) is 2.11. The molecule has 1 unspecified atom stereocenters. The Kier molecular flexibility index (Phi) is 4.22. The Hall–Kier alpha value is -1.81. The van der Waals surface area contributed by atoms with Crippen molar-refractivity contribution in [2.45, 2.75) is 19.4 Å². The quantitative estimate of drug-likeness (QED) is 0.809. The first-order valence-electron chi connectivity index (χ1n) is 6.62. The van der Waals surface area contributed by atoms with Crippen molar-refractivity contribution in [3.8, 4) is 0 Å². The third-order valence-electron chi connectivity index (χ3n) is 3.21. The van der Waals surface area contributed by atoms with Crippen LogP contribution in [0.25, 0.3) is 10.9 Å². The average Bonchev–Trinajstić information content (AvgIpc) is 2.40. The number of anilines is 2. The van der Waals surface area contributed by atoms with Crippen LogP contribution in [0.2, 0.25) is 0 Å². The predicted molar refractivity (Wildman–Crippen MR) is 82.4 cm³/mol. The first kappa shape index (κ1) is 13.6. The molecule has 2 rings (SSSR count). The molecule has 19 heavy (non-hydrogen) atoms. The van der Waals surface area contributed by atoms with Gasteiger partial charge in [-0.05, 0) is 58.3 Å². The fourth-order valence-electron chi connectivity index (χ4n) is 2.11. The standard InChI is InChI=1S/C15H22N4/c1-11(8-10-19(2)3)18-14-7-6-13(16)15-12(14)5-4-9-17-15/h4-7,9,11,18H,8,10,16H2,1-3H3. The Morgan fingerprint density at radius 1 is 1.32 bits per heavy atom. The van der Waals surface area contributed by atoms with Crippen molar-refractivity contribution in [2.75, 3.05) is 31.7 Å². The molecule has 0 amide bonds. The minimum absolute atomic E-state index is 0.412. The lowest BCUT2D eigenvalue weighted by molar-refractivity contribution is 0.390. The highest BCUT2D eigenvalue weighted by atomic mass is 15.1. The van der Waals surface area contributed by atoms with Gasteiger partial charge < -0.3 is 16.0 Å². The Morgan fingerprint density at radius 3 is 2.84 bits per heavy atom. The molecule has 102 valence electrons. The SMILES string of the molecule is CC(CCN(C)C)Nc1ccc(N)c2ncccc12. The van der Waals surface area contributed by atoms with Crippen LogP contribution in [0, 0.1) is 0 Å². The van der Waals surface area contributed by atoms with Gasteiger partial charge in [-0.25, -0.2) is 0 Å². The number of nitrogens with one attached hydrogen (secondary N) is 1. The molecule has 0 bridgehead atoms. The zero-order valence-electron chi connectivity index (χ0n) is 11.9. The van der Waals surface area contributed by atoms with Crippen LogP contribution in [0.3, 0.4) is 0 Å². The molecule has 1 atom stereocenters. The smallest absolute Gasteiger partial charge is 0.0951 e. The lowest BCUT2D eigenvalue weighted by Crippen LogP contribution is -2.23. The van der Waals surface area contributed by atoms with Crippen molar-refractivity contribution in [1.29, 1.82) is 0 Å². The molecular formula is C15H22N4. The molecular weight excluding hydrogens is 236 g/mol. The number of hydrogen-bond acceptors (Lipinski definition) is 4. The Balaban J connectivity index is 2.19. The second-order valence-electron chi connectivity index (χ2n) is 5.24. The highest BCUT2D eigenvalue weighted by molar-refractivity contribution is 5.98. The largest absolute Gasteiger partial charge is 0.397 e. The van der Waals surface area contributed by atoms with E-state index >= 15 is 0 Å². The molecule has 0 aliphatic rings. The maximum Gasteiger partial charge on any atom is 0.0951 e. The van der Waals surface area contributed by atoms with E-state index in [1.807, 2.05) is 18.2 Å². The molecule has 0 fully saturated rings. The van der Waals surface area contributed by atoms with E-state index in [-0.39, 0.29) is 0 Å². The van der Waals surface area contributed by atoms with Crippen LogP contribution < -0.4 is 11.1 Å². The van der Waals surface area contributed by atoms with Gasteiger partial charge in [0.25, 0.3) is 0 Å². The molecule has 0 saturated heterocycles. The Labute approximate surface area is 114 Å². The van der Waals surface area contributed by atoms with Gasteiger partial charge in [-0.15, -0.1) is 0 Å². The van der Waals surface area contributed by atoms with E-state index in [0.29, 0.717) is 6.04 Å². The lowest BCUT2D eigenvalue weighted by atomic mass is 10.1. The summed E-state index contributed by atoms with van der Waals surface area (Å²) in [6, 6.07) is 8.35. The van der Waals surface area contributed by atoms with Gasteiger partial charge in [-0.1, -0.05) is 0 Å². The van der Waals surface area contributed by atoms with Gasteiger partial charge in [0.15, 0.2) is 0 Å². The van der Waals surface area contributed by atoms with Crippen molar-refractivity contribution >= 4 is 22.3 Å². The zero-order chi connectivity index (χ0) is 13.8. The molecule has 1 aromatic carbocycles. The van der Waals surface area contributed by atoms with E-state index in [4.69, 9.17) is 5.73 Å². The summed E-state index contributed by atoms with van der Waals surface area (Å²) in [6.07, 6.45) is 2.87. The van der Waals surface area contributed by atoms with E-state index in [2.05, 4.69) is 42.3 Å². The van der Waals surface area contributed by atoms with Gasteiger partial charge >= 0.3 is 0 Å². The third-order valence-corrected chi connectivity index (χ3v) is 3.21. The highest BCUT2D eigenvalue weighted by Gasteiger charge is 2.08. The number of fused-ring (bicyclic) bond motifs is 1. The summed E-state index contributed by atoms with van der Waals surface area (Å²) in [4.78, 5) is 6.54. The van der Waals surface area contributed by atoms with E-state index in [1.165, 1.54) is 0 Å². The average molecular weight is 258 g/mol. The molecule has 4 nitrogen and oxygen atoms in total. The van der Waals surface area contributed by atoms with E-state index in [9.17, 15) is 0 Å². The van der Waals surface area contributed by atoms with Gasteiger partial charge in [0, 0.05) is 23.3 Å². The topological polar surface area (TPSA) is 54.2 Å². The summed E-state index contributed by atoms with van der Waals surface area (Å²) in [6.45, 7) is 3.27. The van der Waals surface area contributed by atoms with Crippen LogP contribution >= 0.6 is 0 Å². The first-order valence-corrected chi connectivity index (χ1v) is 6.62. The molecule has 0 saturated carbocycles. The number of pyridine rings is 1. The van der Waals surface area contributed by atoms with Crippen LogP contribution in [0.5, 0.6) is 0 Å². The second kappa shape index (κ2) is 5.89. The van der Waals surface area contributed by atoms with Gasteiger partial charge in [0.1, 0.15) is 0 Å². The van der Waals surface area contributed by atoms with Gasteiger partial charge in [0.05, 0.1) is 11.2 Å². The number of nitrogens with two attached hydrogens (primary N) is 1. The van der Waals surface area contributed by atoms with Gasteiger partial charge in [-0.2, -0.15) is 0 Å². The minimum atomic E-state index is 0.412. The normalized spacial score (nSPS) is 12.8. The van der Waals surface area contributed by atoms with Crippen molar-refractivity contribution < 1.29 is 0 Å². The molecule has 2 aromatic rings. The van der Waals surface area contributed by atoms with Crippen molar-refractivity contribution in [1.82, 2.24) is 9.88 Å². The van der Waals surface area contributed by atoms with Gasteiger partial charge in [-0.3, -0.25) is 4.98 Å². The minimum Gasteiger partial charge on any atom is -0.397 e. The van der Waals surface area contributed by atoms with Crippen LogP contribution in [0.4, 0.5) is 11.4 Å².